The number of aliphatic hydroxyl groups is 1. The molecule has 0 fully saturated rings. The van der Waals surface area contributed by atoms with Gasteiger partial charge in [-0.3, -0.25) is 4.79 Å². The number of aromatic nitrogens is 1. The summed E-state index contributed by atoms with van der Waals surface area (Å²) in [5.74, 6) is -0.372. The van der Waals surface area contributed by atoms with Gasteiger partial charge in [0, 0.05) is 30.5 Å². The molecule has 20 heavy (non-hydrogen) atoms. The fourth-order valence-electron chi connectivity index (χ4n) is 1.58. The maximum atomic E-state index is 12.0. The summed E-state index contributed by atoms with van der Waals surface area (Å²) >= 11 is 0. The number of hydrogen-bond donors (Lipinski definition) is 2. The lowest BCUT2D eigenvalue weighted by molar-refractivity contribution is 0.0794. The van der Waals surface area contributed by atoms with Crippen LogP contribution in [0.5, 0.6) is 5.88 Å². The molecule has 0 aliphatic rings. The van der Waals surface area contributed by atoms with E-state index in [2.05, 4.69) is 10.3 Å². The van der Waals surface area contributed by atoms with Crippen LogP contribution in [0.2, 0.25) is 0 Å². The van der Waals surface area contributed by atoms with Gasteiger partial charge >= 0.3 is 0 Å². The van der Waals surface area contributed by atoms with Crippen molar-refractivity contribution < 1.29 is 23.4 Å². The molecule has 0 aliphatic carbocycles. The van der Waals surface area contributed by atoms with E-state index in [0.717, 1.165) is 0 Å². The molecule has 1 rings (SSSR count). The molecule has 0 saturated heterocycles. The lowest BCUT2D eigenvalue weighted by Gasteiger charge is -2.15. The molecule has 5 nitrogen and oxygen atoms in total. The monoisotopic (exact) mass is 288 g/mol. The van der Waals surface area contributed by atoms with E-state index >= 15 is 0 Å². The molecule has 1 aromatic rings. The van der Waals surface area contributed by atoms with Crippen LogP contribution in [0.1, 0.15) is 30.1 Å². The summed E-state index contributed by atoms with van der Waals surface area (Å²) in [6, 6.07) is 2.64. The largest absolute Gasteiger partial charge is 0.472 e. The first-order chi connectivity index (χ1) is 9.56. The van der Waals surface area contributed by atoms with Gasteiger partial charge in [0.05, 0.1) is 0 Å². The minimum atomic E-state index is -2.59. The van der Waals surface area contributed by atoms with Crippen molar-refractivity contribution in [2.24, 2.45) is 0 Å². The Morgan fingerprint density at radius 2 is 2.30 bits per heavy atom. The Morgan fingerprint density at radius 3 is 2.90 bits per heavy atom. The van der Waals surface area contributed by atoms with Crippen molar-refractivity contribution in [3.63, 3.8) is 0 Å². The van der Waals surface area contributed by atoms with E-state index in [0.29, 0.717) is 12.8 Å². The molecule has 7 heteroatoms. The first-order valence-electron chi connectivity index (χ1n) is 6.35. The Hall–Kier alpha value is -1.76. The Kier molecular flexibility index (Phi) is 6.86. The van der Waals surface area contributed by atoms with Crippen LogP contribution in [-0.4, -0.2) is 41.7 Å². The van der Waals surface area contributed by atoms with E-state index in [-0.39, 0.29) is 30.0 Å². The summed E-state index contributed by atoms with van der Waals surface area (Å²) in [6.07, 6.45) is -0.125. The molecule has 0 aromatic carbocycles. The van der Waals surface area contributed by atoms with Crippen LogP contribution >= 0.6 is 0 Å². The molecule has 1 amide bonds. The number of rotatable bonds is 8. The van der Waals surface area contributed by atoms with Gasteiger partial charge in [0.25, 0.3) is 12.3 Å². The van der Waals surface area contributed by atoms with Crippen molar-refractivity contribution >= 4 is 5.91 Å². The van der Waals surface area contributed by atoms with E-state index in [1.54, 1.807) is 0 Å². The number of amides is 1. The second kappa shape index (κ2) is 8.42. The van der Waals surface area contributed by atoms with Gasteiger partial charge in [0.2, 0.25) is 5.88 Å². The Bertz CT molecular complexity index is 430. The van der Waals surface area contributed by atoms with Crippen LogP contribution in [0.3, 0.4) is 0 Å². The van der Waals surface area contributed by atoms with E-state index in [9.17, 15) is 13.6 Å². The van der Waals surface area contributed by atoms with Gasteiger partial charge in [-0.1, -0.05) is 6.92 Å². The van der Waals surface area contributed by atoms with Crippen molar-refractivity contribution in [2.45, 2.75) is 32.2 Å². The summed E-state index contributed by atoms with van der Waals surface area (Å²) in [5, 5.41) is 11.6. The maximum absolute atomic E-state index is 12.0. The number of carbonyl (C=O) groups is 1. The number of ether oxygens (including phenoxy) is 1. The molecule has 112 valence electrons. The van der Waals surface area contributed by atoms with E-state index in [1.807, 2.05) is 6.92 Å². The van der Waals surface area contributed by atoms with Crippen LogP contribution in [-0.2, 0) is 0 Å². The van der Waals surface area contributed by atoms with E-state index < -0.39 is 13.0 Å². The predicted molar refractivity (Wildman–Crippen MR) is 69.0 cm³/mol. The third-order valence-electron chi connectivity index (χ3n) is 2.66. The standard InChI is InChI=1S/C13H18F2N2O3/c1-2-10(4-6-18)17-13(19)9-3-5-16-12(7-9)20-8-11(14)15/h3,5,7,10-11,18H,2,4,6,8H2,1H3,(H,17,19). The van der Waals surface area contributed by atoms with Gasteiger partial charge in [-0.2, -0.15) is 0 Å². The van der Waals surface area contributed by atoms with Crippen LogP contribution in [0.25, 0.3) is 0 Å². The number of nitrogens with one attached hydrogen (secondary N) is 1. The lowest BCUT2D eigenvalue weighted by Crippen LogP contribution is -2.35. The molecule has 0 saturated carbocycles. The SMILES string of the molecule is CCC(CCO)NC(=O)c1ccnc(OCC(F)F)c1. The zero-order chi connectivity index (χ0) is 15.0. The van der Waals surface area contributed by atoms with Crippen LogP contribution in [0.15, 0.2) is 18.3 Å². The highest BCUT2D eigenvalue weighted by molar-refractivity contribution is 5.94. The molecule has 0 radical (unpaired) electrons. The topological polar surface area (TPSA) is 71.5 Å². The quantitative estimate of drug-likeness (QED) is 0.762. The molecule has 1 unspecified atom stereocenters. The highest BCUT2D eigenvalue weighted by Gasteiger charge is 2.13. The Balaban J connectivity index is 2.65. The molecule has 0 bridgehead atoms. The zero-order valence-electron chi connectivity index (χ0n) is 11.2. The highest BCUT2D eigenvalue weighted by atomic mass is 19.3. The number of alkyl halides is 2. The van der Waals surface area contributed by atoms with E-state index in [1.165, 1.54) is 18.3 Å². The van der Waals surface area contributed by atoms with Gasteiger partial charge in [0.15, 0.2) is 6.61 Å². The Morgan fingerprint density at radius 1 is 1.55 bits per heavy atom. The molecular weight excluding hydrogens is 270 g/mol. The summed E-state index contributed by atoms with van der Waals surface area (Å²) < 4.78 is 28.8. The fraction of sp³-hybridized carbons (Fsp3) is 0.538. The van der Waals surface area contributed by atoms with Crippen molar-refractivity contribution in [1.29, 1.82) is 0 Å². The van der Waals surface area contributed by atoms with Crippen LogP contribution in [0, 0.1) is 0 Å². The minimum Gasteiger partial charge on any atom is -0.472 e. The van der Waals surface area contributed by atoms with E-state index in [4.69, 9.17) is 9.84 Å². The molecule has 1 heterocycles. The second-order valence-corrected chi connectivity index (χ2v) is 4.18. The van der Waals surface area contributed by atoms with Gasteiger partial charge in [0.1, 0.15) is 0 Å². The van der Waals surface area contributed by atoms with Crippen molar-refractivity contribution in [2.75, 3.05) is 13.2 Å². The normalized spacial score (nSPS) is 12.2. The van der Waals surface area contributed by atoms with Gasteiger partial charge in [-0.25, -0.2) is 13.8 Å². The maximum Gasteiger partial charge on any atom is 0.272 e. The molecular formula is C13H18F2N2O3. The number of nitrogens with zero attached hydrogens (tertiary/aromatic N) is 1. The minimum absolute atomic E-state index is 0.0160. The summed E-state index contributed by atoms with van der Waals surface area (Å²) in [4.78, 5) is 15.7. The molecule has 2 N–H and O–H groups in total. The van der Waals surface area contributed by atoms with Crippen LogP contribution < -0.4 is 10.1 Å². The third kappa shape index (κ3) is 5.48. The van der Waals surface area contributed by atoms with Gasteiger partial charge < -0.3 is 15.2 Å². The first-order valence-corrected chi connectivity index (χ1v) is 6.35. The van der Waals surface area contributed by atoms with Crippen molar-refractivity contribution in [1.82, 2.24) is 10.3 Å². The molecule has 0 aliphatic heterocycles. The first kappa shape index (κ1) is 16.3. The van der Waals surface area contributed by atoms with Gasteiger partial charge in [-0.15, -0.1) is 0 Å². The van der Waals surface area contributed by atoms with Crippen molar-refractivity contribution in [3.8, 4) is 5.88 Å². The second-order valence-electron chi connectivity index (χ2n) is 4.18. The van der Waals surface area contributed by atoms with Crippen molar-refractivity contribution in [3.05, 3.63) is 23.9 Å². The molecule has 0 spiro atoms. The molecule has 1 aromatic heterocycles. The zero-order valence-corrected chi connectivity index (χ0v) is 11.2. The number of carbonyl (C=O) groups excluding carboxylic acids is 1. The highest BCUT2D eigenvalue weighted by Crippen LogP contribution is 2.11. The number of halogens is 2. The summed E-state index contributed by atoms with van der Waals surface area (Å²) in [7, 11) is 0. The van der Waals surface area contributed by atoms with Gasteiger partial charge in [-0.05, 0) is 18.9 Å². The number of pyridine rings is 1. The number of aliphatic hydroxyl groups excluding tert-OH is 1. The van der Waals surface area contributed by atoms with Crippen LogP contribution in [0.4, 0.5) is 8.78 Å². The summed E-state index contributed by atoms with van der Waals surface area (Å²) in [6.45, 7) is 1.11. The molecule has 1 atom stereocenters. The summed E-state index contributed by atoms with van der Waals surface area (Å²) in [5.41, 5.74) is 0.278. The fourth-order valence-corrected chi connectivity index (χ4v) is 1.58. The lowest BCUT2D eigenvalue weighted by atomic mass is 10.1. The average molecular weight is 288 g/mol. The smallest absolute Gasteiger partial charge is 0.272 e. The third-order valence-corrected chi connectivity index (χ3v) is 2.66. The number of hydrogen-bond acceptors (Lipinski definition) is 4. The predicted octanol–water partition coefficient (Wildman–Crippen LogP) is 1.62. The average Bonchev–Trinajstić information content (AvgIpc) is 2.44. The Labute approximate surface area is 116 Å².